The molecule has 26 heavy (non-hydrogen) atoms. The summed E-state index contributed by atoms with van der Waals surface area (Å²) in [6.07, 6.45) is 2.17. The lowest BCUT2D eigenvalue weighted by Gasteiger charge is -2.23. The van der Waals surface area contributed by atoms with E-state index in [1.807, 2.05) is 6.92 Å². The first kappa shape index (κ1) is 20.8. The maximum absolute atomic E-state index is 12.2. The predicted octanol–water partition coefficient (Wildman–Crippen LogP) is 3.40. The van der Waals surface area contributed by atoms with Crippen LogP contribution in [0, 0.1) is 5.92 Å². The quantitative estimate of drug-likeness (QED) is 0.585. The van der Waals surface area contributed by atoms with Crippen molar-refractivity contribution in [2.24, 2.45) is 5.92 Å². The Labute approximate surface area is 162 Å². The van der Waals surface area contributed by atoms with Crippen LogP contribution in [0.15, 0.2) is 18.2 Å². The van der Waals surface area contributed by atoms with E-state index >= 15 is 0 Å². The molecule has 0 aliphatic heterocycles. The fraction of sp³-hybridized carbons (Fsp3) is 0.556. The number of hydrogen-bond acceptors (Lipinski definition) is 3. The van der Waals surface area contributed by atoms with E-state index in [0.717, 1.165) is 6.42 Å². The first-order chi connectivity index (χ1) is 12.1. The van der Waals surface area contributed by atoms with Crippen molar-refractivity contribution in [1.82, 2.24) is 10.6 Å². The third-order valence-electron chi connectivity index (χ3n) is 4.93. The molecule has 0 spiro atoms. The van der Waals surface area contributed by atoms with Gasteiger partial charge in [0.1, 0.15) is 5.92 Å². The fourth-order valence-corrected chi connectivity index (χ4v) is 4.08. The Morgan fingerprint density at radius 2 is 1.96 bits per heavy atom. The largest absolute Gasteiger partial charge is 0.481 e. The number of carbonyl (C=O) groups is 2. The molecule has 1 aliphatic carbocycles. The molecule has 0 bridgehead atoms. The number of benzene rings is 1. The third kappa shape index (κ3) is 5.25. The van der Waals surface area contributed by atoms with Gasteiger partial charge in [-0.3, -0.25) is 4.79 Å². The van der Waals surface area contributed by atoms with E-state index in [4.69, 9.17) is 23.2 Å². The molecule has 0 heterocycles. The van der Waals surface area contributed by atoms with Gasteiger partial charge in [0.2, 0.25) is 0 Å². The average molecular weight is 403 g/mol. The molecule has 8 heteroatoms. The second-order valence-corrected chi connectivity index (χ2v) is 7.98. The van der Waals surface area contributed by atoms with Gasteiger partial charge in [-0.15, -0.1) is 0 Å². The Hall–Kier alpha value is -1.50. The average Bonchev–Trinajstić information content (AvgIpc) is 2.90. The molecule has 1 aromatic carbocycles. The Balaban J connectivity index is 1.95. The van der Waals surface area contributed by atoms with E-state index in [-0.39, 0.29) is 34.1 Å². The topological polar surface area (TPSA) is 98.7 Å². The summed E-state index contributed by atoms with van der Waals surface area (Å²) in [5.41, 5.74) is -0.407. The van der Waals surface area contributed by atoms with Gasteiger partial charge in [0.25, 0.3) is 0 Å². The van der Waals surface area contributed by atoms with Gasteiger partial charge in [0.15, 0.2) is 0 Å². The van der Waals surface area contributed by atoms with Crippen LogP contribution < -0.4 is 10.6 Å². The second-order valence-electron chi connectivity index (χ2n) is 7.17. The van der Waals surface area contributed by atoms with E-state index in [1.54, 1.807) is 25.1 Å². The summed E-state index contributed by atoms with van der Waals surface area (Å²) in [4.78, 5) is 23.8. The molecule has 4 unspecified atom stereocenters. The maximum atomic E-state index is 12.2. The number of nitrogens with one attached hydrogen (secondary N) is 2. The van der Waals surface area contributed by atoms with Gasteiger partial charge >= 0.3 is 12.0 Å². The molecule has 1 aromatic rings. The highest BCUT2D eigenvalue weighted by Crippen LogP contribution is 2.36. The van der Waals surface area contributed by atoms with Gasteiger partial charge in [-0.1, -0.05) is 29.3 Å². The van der Waals surface area contributed by atoms with Crippen molar-refractivity contribution in [3.05, 3.63) is 33.8 Å². The zero-order chi connectivity index (χ0) is 19.5. The number of hydrogen-bond donors (Lipinski definition) is 4. The van der Waals surface area contributed by atoms with Crippen molar-refractivity contribution in [1.29, 1.82) is 0 Å². The molecule has 4 N–H and O–H groups in total. The number of carbonyl (C=O) groups excluding carboxylic acids is 1. The number of aliphatic carboxylic acids is 1. The van der Waals surface area contributed by atoms with Gasteiger partial charge in [-0.05, 0) is 51.2 Å². The summed E-state index contributed by atoms with van der Waals surface area (Å²) in [5, 5.41) is 25.4. The normalized spacial score (nSPS) is 24.7. The van der Waals surface area contributed by atoms with Crippen LogP contribution >= 0.6 is 23.2 Å². The summed E-state index contributed by atoms with van der Waals surface area (Å²) in [5.74, 6) is -1.99. The van der Waals surface area contributed by atoms with Crippen LogP contribution in [0.4, 0.5) is 4.79 Å². The lowest BCUT2D eigenvalue weighted by Crippen LogP contribution is -2.45. The molecule has 0 aromatic heterocycles. The molecule has 6 nitrogen and oxygen atoms in total. The molecule has 1 aliphatic rings. The van der Waals surface area contributed by atoms with Crippen LogP contribution in [0.5, 0.6) is 0 Å². The Morgan fingerprint density at radius 1 is 1.35 bits per heavy atom. The number of carboxylic acids is 1. The van der Waals surface area contributed by atoms with Crippen LogP contribution in [0.1, 0.15) is 44.6 Å². The van der Waals surface area contributed by atoms with E-state index in [2.05, 4.69) is 10.6 Å². The Kier molecular flexibility index (Phi) is 6.77. The monoisotopic (exact) mass is 402 g/mol. The number of urea groups is 1. The minimum atomic E-state index is -1.12. The van der Waals surface area contributed by atoms with Crippen molar-refractivity contribution < 1.29 is 19.8 Å². The van der Waals surface area contributed by atoms with Crippen molar-refractivity contribution >= 4 is 35.2 Å². The van der Waals surface area contributed by atoms with Crippen molar-refractivity contribution in [2.75, 3.05) is 6.54 Å². The fourth-order valence-electron chi connectivity index (χ4n) is 3.42. The molecule has 2 amide bonds. The molecule has 2 rings (SSSR count). The molecule has 144 valence electrons. The zero-order valence-electron chi connectivity index (χ0n) is 14.8. The molecule has 1 fully saturated rings. The van der Waals surface area contributed by atoms with Crippen molar-refractivity contribution in [3.8, 4) is 0 Å². The first-order valence-corrected chi connectivity index (χ1v) is 9.30. The Bertz CT molecular complexity index is 661. The summed E-state index contributed by atoms with van der Waals surface area (Å²) < 4.78 is 0. The summed E-state index contributed by atoms with van der Waals surface area (Å²) in [6.45, 7) is 3.54. The molecule has 0 saturated heterocycles. The highest BCUT2D eigenvalue weighted by atomic mass is 35.5. The molecule has 4 atom stereocenters. The second kappa shape index (κ2) is 8.46. The minimum Gasteiger partial charge on any atom is -0.481 e. The predicted molar refractivity (Wildman–Crippen MR) is 101 cm³/mol. The first-order valence-electron chi connectivity index (χ1n) is 8.54. The van der Waals surface area contributed by atoms with Crippen LogP contribution in [0.3, 0.4) is 0 Å². The highest BCUT2D eigenvalue weighted by Gasteiger charge is 2.36. The SMILES string of the molecule is CC(NC(=O)NCC(C(=O)O)c1c(Cl)cccc1Cl)C1CCC(C)(O)C1. The van der Waals surface area contributed by atoms with E-state index < -0.39 is 23.5 Å². The molecular weight excluding hydrogens is 379 g/mol. The van der Waals surface area contributed by atoms with E-state index in [1.165, 1.54) is 0 Å². The van der Waals surface area contributed by atoms with Gasteiger partial charge in [-0.2, -0.15) is 0 Å². The number of halogens is 2. The van der Waals surface area contributed by atoms with Gasteiger partial charge in [0.05, 0.1) is 5.60 Å². The molecule has 1 saturated carbocycles. The van der Waals surface area contributed by atoms with Gasteiger partial charge in [0, 0.05) is 28.2 Å². The van der Waals surface area contributed by atoms with Crippen LogP contribution in [0.25, 0.3) is 0 Å². The maximum Gasteiger partial charge on any atom is 0.315 e. The molecule has 0 radical (unpaired) electrons. The van der Waals surface area contributed by atoms with Crippen molar-refractivity contribution in [3.63, 3.8) is 0 Å². The lowest BCUT2D eigenvalue weighted by atomic mass is 9.97. The van der Waals surface area contributed by atoms with Gasteiger partial charge in [-0.25, -0.2) is 4.79 Å². The van der Waals surface area contributed by atoms with Crippen LogP contribution in [0.2, 0.25) is 10.0 Å². The standard InChI is InChI=1S/C18H24Cl2N2O4/c1-10(11-6-7-18(2,26)8-11)22-17(25)21-9-12(16(23)24)15-13(19)4-3-5-14(15)20/h3-5,10-12,26H,6-9H2,1-2H3,(H,23,24)(H2,21,22,25). The number of aliphatic hydroxyl groups is 1. The lowest BCUT2D eigenvalue weighted by molar-refractivity contribution is -0.138. The number of rotatable bonds is 6. The van der Waals surface area contributed by atoms with Crippen LogP contribution in [-0.4, -0.2) is 40.4 Å². The number of amides is 2. The molecular formula is C18H24Cl2N2O4. The Morgan fingerprint density at radius 3 is 2.46 bits per heavy atom. The smallest absolute Gasteiger partial charge is 0.315 e. The zero-order valence-corrected chi connectivity index (χ0v) is 16.3. The van der Waals surface area contributed by atoms with Gasteiger partial charge < -0.3 is 20.8 Å². The number of carboxylic acid groups (broad SMARTS) is 1. The third-order valence-corrected chi connectivity index (χ3v) is 5.59. The van der Waals surface area contributed by atoms with E-state index in [0.29, 0.717) is 12.8 Å². The summed E-state index contributed by atoms with van der Waals surface area (Å²) in [6, 6.07) is 4.17. The van der Waals surface area contributed by atoms with Crippen LogP contribution in [-0.2, 0) is 4.79 Å². The highest BCUT2D eigenvalue weighted by molar-refractivity contribution is 6.36. The minimum absolute atomic E-state index is 0.129. The summed E-state index contributed by atoms with van der Waals surface area (Å²) in [7, 11) is 0. The summed E-state index contributed by atoms with van der Waals surface area (Å²) >= 11 is 12.2. The van der Waals surface area contributed by atoms with Crippen molar-refractivity contribution in [2.45, 2.75) is 50.7 Å². The van der Waals surface area contributed by atoms with E-state index in [9.17, 15) is 19.8 Å².